The number of carbonyl (C=O) groups is 3. The first-order valence-corrected chi connectivity index (χ1v) is 3.81. The number of carboxylic acids is 1. The third-order valence-electron chi connectivity index (χ3n) is 0.661. The van der Waals surface area contributed by atoms with Gasteiger partial charge in [0.15, 0.2) is 0 Å². The van der Waals surface area contributed by atoms with Gasteiger partial charge in [0.25, 0.3) is 0 Å². The predicted molar refractivity (Wildman–Crippen MR) is 31.2 cm³/mol. The number of ketones is 1. The standard InChI is InChI=1S/C3H3O7P/c4-1(2(5)6)3(7)11(8,9)10/h8-10H/p+1. The lowest BCUT2D eigenvalue weighted by Crippen LogP contribution is -2.25. The van der Waals surface area contributed by atoms with E-state index in [0.29, 0.717) is 0 Å². The third-order valence-corrected chi connectivity index (χ3v) is 1.41. The van der Waals surface area contributed by atoms with Crippen molar-refractivity contribution in [2.45, 2.75) is 0 Å². The molecule has 0 aliphatic carbocycles. The zero-order valence-corrected chi connectivity index (χ0v) is 5.86. The fourth-order valence-corrected chi connectivity index (χ4v) is 0.596. The van der Waals surface area contributed by atoms with E-state index in [1.165, 1.54) is 0 Å². The Kier molecular flexibility index (Phi) is 2.77. The molecule has 0 saturated heterocycles. The van der Waals surface area contributed by atoms with Crippen molar-refractivity contribution < 1.29 is 34.2 Å². The summed E-state index contributed by atoms with van der Waals surface area (Å²) in [5.74, 6) is -4.19. The lowest BCUT2D eigenvalue weighted by Gasteiger charge is -1.96. The Bertz CT molecular complexity index is 212. The van der Waals surface area contributed by atoms with Crippen LogP contribution in [0.1, 0.15) is 0 Å². The summed E-state index contributed by atoms with van der Waals surface area (Å²) < 4.78 is 0. The predicted octanol–water partition coefficient (Wildman–Crippen LogP) is -2.09. The minimum Gasteiger partial charge on any atom is -0.475 e. The van der Waals surface area contributed by atoms with Gasteiger partial charge >= 0.3 is 25.2 Å². The van der Waals surface area contributed by atoms with Crippen LogP contribution in [0.25, 0.3) is 0 Å². The van der Waals surface area contributed by atoms with Crippen LogP contribution >= 0.6 is 7.94 Å². The SMILES string of the molecule is O=C(O)C(=O)C(=O)[P+](O)(O)O. The molecule has 0 aliphatic rings. The highest BCUT2D eigenvalue weighted by Gasteiger charge is 2.50. The van der Waals surface area contributed by atoms with E-state index in [2.05, 4.69) is 0 Å². The minimum atomic E-state index is -4.99. The van der Waals surface area contributed by atoms with Crippen molar-refractivity contribution in [1.82, 2.24) is 0 Å². The number of rotatable bonds is 3. The van der Waals surface area contributed by atoms with Gasteiger partial charge in [0, 0.05) is 0 Å². The number of hydrogen-bond donors (Lipinski definition) is 4. The van der Waals surface area contributed by atoms with Crippen molar-refractivity contribution in [2.24, 2.45) is 0 Å². The summed E-state index contributed by atoms with van der Waals surface area (Å²) in [5, 5.41) is 7.83. The van der Waals surface area contributed by atoms with Gasteiger partial charge in [-0.25, -0.2) is 9.59 Å². The van der Waals surface area contributed by atoms with Gasteiger partial charge in [-0.3, -0.25) is 4.79 Å². The maximum atomic E-state index is 10.2. The zero-order chi connectivity index (χ0) is 9.23. The molecule has 0 rings (SSSR count). The van der Waals surface area contributed by atoms with Crippen molar-refractivity contribution in [1.29, 1.82) is 0 Å². The topological polar surface area (TPSA) is 132 Å². The Morgan fingerprint density at radius 2 is 1.36 bits per heavy atom. The van der Waals surface area contributed by atoms with Crippen LogP contribution in [0.5, 0.6) is 0 Å². The van der Waals surface area contributed by atoms with Crippen LogP contribution in [-0.2, 0) is 14.4 Å². The molecule has 0 atom stereocenters. The molecular weight excluding hydrogens is 179 g/mol. The Labute approximate surface area is 60.5 Å². The molecule has 0 saturated carbocycles. The van der Waals surface area contributed by atoms with Crippen LogP contribution in [0.4, 0.5) is 0 Å². The molecule has 0 aromatic heterocycles. The van der Waals surface area contributed by atoms with E-state index in [4.69, 9.17) is 19.8 Å². The molecule has 0 heterocycles. The number of aliphatic carboxylic acids is 1. The Hall–Kier alpha value is -0.880. The molecule has 8 heteroatoms. The van der Waals surface area contributed by atoms with Gasteiger partial charge in [-0.2, -0.15) is 14.7 Å². The van der Waals surface area contributed by atoms with Crippen molar-refractivity contribution in [2.75, 3.05) is 0 Å². The molecule has 0 aromatic carbocycles. The van der Waals surface area contributed by atoms with Gasteiger partial charge in [-0.05, 0) is 0 Å². The number of hydrogen-bond acceptors (Lipinski definition) is 6. The average Bonchev–Trinajstić information content (AvgIpc) is 1.82. The lowest BCUT2D eigenvalue weighted by molar-refractivity contribution is -0.151. The highest BCUT2D eigenvalue weighted by Crippen LogP contribution is 2.45. The number of carbonyl (C=O) groups excluding carboxylic acids is 2. The van der Waals surface area contributed by atoms with E-state index in [1.807, 2.05) is 0 Å². The molecule has 62 valence electrons. The Balaban J connectivity index is 4.53. The smallest absolute Gasteiger partial charge is 0.475 e. The van der Waals surface area contributed by atoms with E-state index >= 15 is 0 Å². The average molecular weight is 183 g/mol. The van der Waals surface area contributed by atoms with Crippen LogP contribution < -0.4 is 0 Å². The highest BCUT2D eigenvalue weighted by molar-refractivity contribution is 7.79. The van der Waals surface area contributed by atoms with Crippen molar-refractivity contribution >= 4 is 25.2 Å². The fraction of sp³-hybridized carbons (Fsp3) is 0. The number of Topliss-reactive ketones (excluding diaryl/α,β-unsaturated/α-hetero) is 1. The summed E-state index contributed by atoms with van der Waals surface area (Å²) in [4.78, 5) is 54.2. The Morgan fingerprint density at radius 3 is 1.45 bits per heavy atom. The maximum absolute atomic E-state index is 10.2. The van der Waals surface area contributed by atoms with E-state index in [-0.39, 0.29) is 0 Å². The molecule has 7 nitrogen and oxygen atoms in total. The van der Waals surface area contributed by atoms with Crippen LogP contribution in [0.3, 0.4) is 0 Å². The van der Waals surface area contributed by atoms with Gasteiger partial charge in [-0.15, -0.1) is 0 Å². The molecule has 0 amide bonds. The molecule has 0 aliphatic heterocycles. The van der Waals surface area contributed by atoms with Crippen LogP contribution in [0.2, 0.25) is 0 Å². The van der Waals surface area contributed by atoms with Gasteiger partial charge in [0.2, 0.25) is 0 Å². The highest BCUT2D eigenvalue weighted by atomic mass is 31.2. The van der Waals surface area contributed by atoms with Crippen LogP contribution in [-0.4, -0.2) is 37.1 Å². The minimum absolute atomic E-state index is 2.05. The maximum Gasteiger partial charge on any atom is 0.487 e. The van der Waals surface area contributed by atoms with Gasteiger partial charge in [-0.1, -0.05) is 0 Å². The summed E-state index contributed by atoms with van der Waals surface area (Å²) in [6.45, 7) is 0. The molecule has 0 bridgehead atoms. The summed E-state index contributed by atoms with van der Waals surface area (Å²) in [5.41, 5.74) is -2.09. The second kappa shape index (κ2) is 3.02. The monoisotopic (exact) mass is 183 g/mol. The third kappa shape index (κ3) is 2.69. The molecule has 4 N–H and O–H groups in total. The first kappa shape index (κ1) is 10.1. The second-order valence-corrected chi connectivity index (χ2v) is 3.05. The molecule has 0 unspecified atom stereocenters. The van der Waals surface area contributed by atoms with Gasteiger partial charge in [0.05, 0.1) is 0 Å². The quantitative estimate of drug-likeness (QED) is 0.224. The second-order valence-electron chi connectivity index (χ2n) is 1.51. The van der Waals surface area contributed by atoms with E-state index in [0.717, 1.165) is 0 Å². The molecular formula is C3H4O7P+. The number of carboxylic acid groups (broad SMARTS) is 1. The van der Waals surface area contributed by atoms with Crippen LogP contribution in [0.15, 0.2) is 0 Å². The summed E-state index contributed by atoms with van der Waals surface area (Å²) in [7, 11) is -4.99. The van der Waals surface area contributed by atoms with E-state index < -0.39 is 25.2 Å². The van der Waals surface area contributed by atoms with Gasteiger partial charge < -0.3 is 5.11 Å². The van der Waals surface area contributed by atoms with E-state index in [1.54, 1.807) is 0 Å². The first-order valence-electron chi connectivity index (χ1n) is 2.16. The van der Waals surface area contributed by atoms with Crippen molar-refractivity contribution in [3.8, 4) is 0 Å². The van der Waals surface area contributed by atoms with Crippen LogP contribution in [0, 0.1) is 0 Å². The molecule has 0 fully saturated rings. The van der Waals surface area contributed by atoms with Gasteiger partial charge in [0.1, 0.15) is 0 Å². The molecule has 0 radical (unpaired) electrons. The van der Waals surface area contributed by atoms with E-state index in [9.17, 15) is 14.4 Å². The summed E-state index contributed by atoms with van der Waals surface area (Å²) in [6, 6.07) is 0. The Morgan fingerprint density at radius 1 is 1.00 bits per heavy atom. The largest absolute Gasteiger partial charge is 0.487 e. The normalized spacial score (nSPS) is 10.8. The zero-order valence-electron chi connectivity index (χ0n) is 4.96. The summed E-state index contributed by atoms with van der Waals surface area (Å²) >= 11 is 0. The fourth-order valence-electron chi connectivity index (χ4n) is 0.228. The first-order chi connectivity index (χ1) is 4.76. The molecule has 0 aromatic rings. The molecule has 11 heavy (non-hydrogen) atoms. The lowest BCUT2D eigenvalue weighted by atomic mass is 10.4. The van der Waals surface area contributed by atoms with Crippen molar-refractivity contribution in [3.63, 3.8) is 0 Å². The molecule has 0 spiro atoms. The van der Waals surface area contributed by atoms with Crippen molar-refractivity contribution in [3.05, 3.63) is 0 Å². The summed E-state index contributed by atoms with van der Waals surface area (Å²) in [6.07, 6.45) is 0.